The molecule has 0 spiro atoms. The molecule has 1 unspecified atom stereocenters. The maximum Gasteiger partial charge on any atom is 0.239 e. The lowest BCUT2D eigenvalue weighted by Crippen LogP contribution is -2.43. The Labute approximate surface area is 108 Å². The smallest absolute Gasteiger partial charge is 0.239 e. The number of aliphatic hydroxyl groups excluding tert-OH is 1. The van der Waals surface area contributed by atoms with E-state index < -0.39 is 6.04 Å². The van der Waals surface area contributed by atoms with E-state index in [1.807, 2.05) is 0 Å². The number of aliphatic hydroxyl groups is 1. The van der Waals surface area contributed by atoms with Crippen LogP contribution in [0.1, 0.15) is 22.3 Å². The summed E-state index contributed by atoms with van der Waals surface area (Å²) in [5, 5.41) is 11.5. The molecule has 0 bridgehead atoms. The fourth-order valence-electron chi connectivity index (χ4n) is 2.13. The van der Waals surface area contributed by atoms with Crippen molar-refractivity contribution < 1.29 is 9.90 Å². The lowest BCUT2D eigenvalue weighted by molar-refractivity contribution is -0.123. The lowest BCUT2D eigenvalue weighted by Gasteiger charge is -2.13. The molecule has 1 atom stereocenters. The summed E-state index contributed by atoms with van der Waals surface area (Å²) >= 11 is 0. The van der Waals surface area contributed by atoms with E-state index in [1.54, 1.807) is 0 Å². The molecule has 0 aliphatic carbocycles. The molecule has 100 valence electrons. The summed E-state index contributed by atoms with van der Waals surface area (Å²) in [6.45, 7) is 6.45. The van der Waals surface area contributed by atoms with Crippen LogP contribution in [0.2, 0.25) is 0 Å². The van der Waals surface area contributed by atoms with E-state index in [0.717, 1.165) is 6.42 Å². The molecule has 4 heteroatoms. The van der Waals surface area contributed by atoms with Crippen LogP contribution in [0.4, 0.5) is 0 Å². The first-order valence-electron chi connectivity index (χ1n) is 6.16. The van der Waals surface area contributed by atoms with Crippen molar-refractivity contribution in [1.82, 2.24) is 5.32 Å². The molecule has 4 N–H and O–H groups in total. The van der Waals surface area contributed by atoms with Gasteiger partial charge in [0.2, 0.25) is 5.91 Å². The number of amides is 1. The van der Waals surface area contributed by atoms with Crippen LogP contribution in [0.15, 0.2) is 12.1 Å². The predicted octanol–water partition coefficient (Wildman–Crippen LogP) is 0.590. The number of aryl methyl sites for hydroxylation is 3. The Kier molecular flexibility index (Phi) is 5.31. The summed E-state index contributed by atoms with van der Waals surface area (Å²) in [6.07, 6.45) is 0.780. The van der Waals surface area contributed by atoms with Crippen LogP contribution in [-0.4, -0.2) is 30.2 Å². The zero-order valence-electron chi connectivity index (χ0n) is 11.3. The van der Waals surface area contributed by atoms with Gasteiger partial charge in [-0.25, -0.2) is 0 Å². The quantitative estimate of drug-likeness (QED) is 0.716. The number of carbonyl (C=O) groups excluding carboxylic acids is 1. The van der Waals surface area contributed by atoms with Crippen LogP contribution >= 0.6 is 0 Å². The van der Waals surface area contributed by atoms with Gasteiger partial charge in [-0.05, 0) is 43.9 Å². The topological polar surface area (TPSA) is 75.4 Å². The molecule has 0 radical (unpaired) electrons. The van der Waals surface area contributed by atoms with Gasteiger partial charge in [-0.2, -0.15) is 0 Å². The summed E-state index contributed by atoms with van der Waals surface area (Å²) in [5.74, 6) is -0.306. The first kappa shape index (κ1) is 14.7. The van der Waals surface area contributed by atoms with Gasteiger partial charge in [0.05, 0.1) is 6.61 Å². The highest BCUT2D eigenvalue weighted by Crippen LogP contribution is 2.16. The molecule has 4 nitrogen and oxygen atoms in total. The normalized spacial score (nSPS) is 12.3. The second-order valence-electron chi connectivity index (χ2n) is 4.71. The van der Waals surface area contributed by atoms with Crippen molar-refractivity contribution in [3.05, 3.63) is 34.4 Å². The van der Waals surface area contributed by atoms with E-state index in [0.29, 0.717) is 6.54 Å². The maximum atomic E-state index is 11.4. The summed E-state index contributed by atoms with van der Waals surface area (Å²) in [4.78, 5) is 11.4. The van der Waals surface area contributed by atoms with Crippen molar-refractivity contribution in [3.8, 4) is 0 Å². The second kappa shape index (κ2) is 6.52. The number of carbonyl (C=O) groups is 1. The Morgan fingerprint density at radius 3 is 2.39 bits per heavy atom. The summed E-state index contributed by atoms with van der Waals surface area (Å²) in [5.41, 5.74) is 10.4. The summed E-state index contributed by atoms with van der Waals surface area (Å²) in [6, 6.07) is 3.46. The van der Waals surface area contributed by atoms with Crippen LogP contribution in [0.3, 0.4) is 0 Å². The summed E-state index contributed by atoms with van der Waals surface area (Å²) in [7, 11) is 0. The minimum absolute atomic E-state index is 0.306. The van der Waals surface area contributed by atoms with Gasteiger partial charge in [-0.3, -0.25) is 4.79 Å². The molecule has 0 saturated carbocycles. The van der Waals surface area contributed by atoms with Gasteiger partial charge in [0.15, 0.2) is 0 Å². The van der Waals surface area contributed by atoms with Crippen molar-refractivity contribution >= 4 is 5.91 Å². The van der Waals surface area contributed by atoms with Crippen molar-refractivity contribution in [3.63, 3.8) is 0 Å². The van der Waals surface area contributed by atoms with Crippen molar-refractivity contribution in [1.29, 1.82) is 0 Å². The number of benzene rings is 1. The zero-order chi connectivity index (χ0) is 13.7. The molecule has 0 fully saturated rings. The molecular weight excluding hydrogens is 228 g/mol. The highest BCUT2D eigenvalue weighted by molar-refractivity contribution is 5.81. The molecule has 0 heterocycles. The Hall–Kier alpha value is -1.39. The SMILES string of the molecule is Cc1cc(C)c(CCNC(=O)C(N)CO)c(C)c1. The molecule has 1 rings (SSSR count). The molecule has 1 amide bonds. The predicted molar refractivity (Wildman–Crippen MR) is 72.4 cm³/mol. The van der Waals surface area contributed by atoms with E-state index in [4.69, 9.17) is 10.8 Å². The highest BCUT2D eigenvalue weighted by atomic mass is 16.3. The van der Waals surface area contributed by atoms with E-state index in [-0.39, 0.29) is 12.5 Å². The van der Waals surface area contributed by atoms with Gasteiger partial charge in [0, 0.05) is 6.54 Å². The molecule has 1 aromatic carbocycles. The number of nitrogens with one attached hydrogen (secondary N) is 1. The molecule has 0 aliphatic rings. The van der Waals surface area contributed by atoms with Crippen molar-refractivity contribution in [2.45, 2.75) is 33.2 Å². The fraction of sp³-hybridized carbons (Fsp3) is 0.500. The van der Waals surface area contributed by atoms with Gasteiger partial charge < -0.3 is 16.2 Å². The molecular formula is C14H22N2O2. The molecule has 0 saturated heterocycles. The van der Waals surface area contributed by atoms with E-state index in [9.17, 15) is 4.79 Å². The average molecular weight is 250 g/mol. The van der Waals surface area contributed by atoms with Gasteiger partial charge in [-0.1, -0.05) is 17.7 Å². The standard InChI is InChI=1S/C14H22N2O2/c1-9-6-10(2)12(11(3)7-9)4-5-16-14(18)13(15)8-17/h6-7,13,17H,4-5,8,15H2,1-3H3,(H,16,18). The third kappa shape index (κ3) is 3.82. The fourth-order valence-corrected chi connectivity index (χ4v) is 2.13. The van der Waals surface area contributed by atoms with Crippen LogP contribution in [0, 0.1) is 20.8 Å². The van der Waals surface area contributed by atoms with E-state index in [1.165, 1.54) is 22.3 Å². The molecule has 18 heavy (non-hydrogen) atoms. The minimum atomic E-state index is -0.829. The largest absolute Gasteiger partial charge is 0.394 e. The highest BCUT2D eigenvalue weighted by Gasteiger charge is 2.11. The van der Waals surface area contributed by atoms with Crippen LogP contribution < -0.4 is 11.1 Å². The van der Waals surface area contributed by atoms with Gasteiger partial charge in [-0.15, -0.1) is 0 Å². The van der Waals surface area contributed by atoms with Gasteiger partial charge in [0.25, 0.3) is 0 Å². The first-order valence-corrected chi connectivity index (χ1v) is 6.16. The Morgan fingerprint density at radius 2 is 1.89 bits per heavy atom. The lowest BCUT2D eigenvalue weighted by atomic mass is 9.97. The van der Waals surface area contributed by atoms with Gasteiger partial charge in [0.1, 0.15) is 6.04 Å². The molecule has 0 aliphatic heterocycles. The number of hydrogen-bond donors (Lipinski definition) is 3. The molecule has 1 aromatic rings. The van der Waals surface area contributed by atoms with E-state index in [2.05, 4.69) is 38.2 Å². The monoisotopic (exact) mass is 250 g/mol. The second-order valence-corrected chi connectivity index (χ2v) is 4.71. The number of nitrogens with two attached hydrogens (primary N) is 1. The Bertz CT molecular complexity index is 407. The third-order valence-corrected chi connectivity index (χ3v) is 3.05. The van der Waals surface area contributed by atoms with Gasteiger partial charge >= 0.3 is 0 Å². The Morgan fingerprint density at radius 1 is 1.33 bits per heavy atom. The maximum absolute atomic E-state index is 11.4. The molecule has 0 aromatic heterocycles. The number of hydrogen-bond acceptors (Lipinski definition) is 3. The van der Waals surface area contributed by atoms with Crippen LogP contribution in [-0.2, 0) is 11.2 Å². The summed E-state index contributed by atoms with van der Waals surface area (Å²) < 4.78 is 0. The van der Waals surface area contributed by atoms with E-state index >= 15 is 0 Å². The minimum Gasteiger partial charge on any atom is -0.394 e. The Balaban J connectivity index is 2.57. The van der Waals surface area contributed by atoms with Crippen molar-refractivity contribution in [2.75, 3.05) is 13.2 Å². The average Bonchev–Trinajstić information content (AvgIpc) is 2.31. The zero-order valence-corrected chi connectivity index (χ0v) is 11.3. The van der Waals surface area contributed by atoms with Crippen molar-refractivity contribution in [2.24, 2.45) is 5.73 Å². The number of rotatable bonds is 5. The third-order valence-electron chi connectivity index (χ3n) is 3.05. The van der Waals surface area contributed by atoms with Crippen LogP contribution in [0.5, 0.6) is 0 Å². The van der Waals surface area contributed by atoms with Crippen LogP contribution in [0.25, 0.3) is 0 Å². The first-order chi connectivity index (χ1) is 8.45.